The van der Waals surface area contributed by atoms with E-state index in [1.54, 1.807) is 17.0 Å². The average Bonchev–Trinajstić information content (AvgIpc) is 3.08. The number of anilines is 1. The second-order valence-electron chi connectivity index (χ2n) is 7.41. The summed E-state index contributed by atoms with van der Waals surface area (Å²) in [5, 5.41) is 2.93. The van der Waals surface area contributed by atoms with Crippen molar-refractivity contribution in [2.45, 2.75) is 39.0 Å². The van der Waals surface area contributed by atoms with Crippen molar-refractivity contribution in [2.24, 2.45) is 5.92 Å². The lowest BCUT2D eigenvalue weighted by molar-refractivity contribution is -0.128. The number of nitrogens with zero attached hydrogens (tertiary/aromatic N) is 1. The van der Waals surface area contributed by atoms with Gasteiger partial charge in [-0.1, -0.05) is 37.6 Å². The van der Waals surface area contributed by atoms with Gasteiger partial charge in [-0.05, 0) is 54.7 Å². The van der Waals surface area contributed by atoms with Crippen LogP contribution in [0.5, 0.6) is 0 Å². The second-order valence-corrected chi connectivity index (χ2v) is 7.41. The Labute approximate surface area is 165 Å². The summed E-state index contributed by atoms with van der Waals surface area (Å²) in [5.74, 6) is -0.715. The van der Waals surface area contributed by atoms with E-state index in [4.69, 9.17) is 0 Å². The fourth-order valence-corrected chi connectivity index (χ4v) is 3.46. The second kappa shape index (κ2) is 9.49. The molecule has 0 saturated carbocycles. The van der Waals surface area contributed by atoms with Crippen molar-refractivity contribution in [1.29, 1.82) is 0 Å². The third-order valence-corrected chi connectivity index (χ3v) is 5.21. The molecule has 1 aliphatic rings. The third-order valence-electron chi connectivity index (χ3n) is 5.21. The molecule has 3 rings (SSSR count). The highest BCUT2D eigenvalue weighted by Crippen LogP contribution is 2.21. The Morgan fingerprint density at radius 3 is 2.39 bits per heavy atom. The number of aryl methyl sites for hydroxylation is 1. The summed E-state index contributed by atoms with van der Waals surface area (Å²) in [5.41, 5.74) is 3.01. The first kappa shape index (κ1) is 20.1. The minimum Gasteiger partial charge on any atom is -0.342 e. The molecule has 1 heterocycles. The van der Waals surface area contributed by atoms with Gasteiger partial charge in [0.25, 0.3) is 0 Å². The number of rotatable bonds is 8. The summed E-state index contributed by atoms with van der Waals surface area (Å²) in [6.45, 7) is 3.14. The van der Waals surface area contributed by atoms with Crippen molar-refractivity contribution in [2.75, 3.05) is 18.4 Å². The summed E-state index contributed by atoms with van der Waals surface area (Å²) < 4.78 is 13.0. The lowest BCUT2D eigenvalue weighted by atomic mass is 10.1. The van der Waals surface area contributed by atoms with Crippen molar-refractivity contribution in [3.05, 3.63) is 65.5 Å². The zero-order valence-electron chi connectivity index (χ0n) is 16.3. The number of halogens is 1. The zero-order chi connectivity index (χ0) is 19.9. The minimum atomic E-state index is -0.333. The van der Waals surface area contributed by atoms with E-state index in [2.05, 4.69) is 12.2 Å². The van der Waals surface area contributed by atoms with Gasteiger partial charge in [0.2, 0.25) is 11.8 Å². The van der Waals surface area contributed by atoms with Crippen molar-refractivity contribution >= 4 is 17.5 Å². The number of carbonyl (C=O) groups excluding carboxylic acids is 2. The van der Waals surface area contributed by atoms with E-state index in [9.17, 15) is 14.0 Å². The third kappa shape index (κ3) is 5.41. The number of amides is 2. The van der Waals surface area contributed by atoms with Gasteiger partial charge < -0.3 is 10.2 Å². The van der Waals surface area contributed by atoms with Crippen LogP contribution in [-0.4, -0.2) is 29.8 Å². The van der Waals surface area contributed by atoms with Crippen LogP contribution in [-0.2, 0) is 22.4 Å². The van der Waals surface area contributed by atoms with Crippen LogP contribution in [0.25, 0.3) is 0 Å². The molecule has 1 saturated heterocycles. The maximum absolute atomic E-state index is 13.0. The zero-order valence-corrected chi connectivity index (χ0v) is 16.3. The Morgan fingerprint density at radius 2 is 1.71 bits per heavy atom. The monoisotopic (exact) mass is 382 g/mol. The van der Waals surface area contributed by atoms with E-state index < -0.39 is 0 Å². The number of hydrogen-bond acceptors (Lipinski definition) is 2. The highest BCUT2D eigenvalue weighted by atomic mass is 19.1. The SMILES string of the molecule is CCCCc1ccc(NC(=O)[C@@H]2CC(=O)N(CCc3ccc(F)cc3)C2)cc1. The van der Waals surface area contributed by atoms with Crippen LogP contribution in [0, 0.1) is 11.7 Å². The first-order valence-electron chi connectivity index (χ1n) is 9.97. The van der Waals surface area contributed by atoms with Crippen molar-refractivity contribution in [1.82, 2.24) is 4.90 Å². The average molecular weight is 382 g/mol. The maximum atomic E-state index is 13.0. The topological polar surface area (TPSA) is 49.4 Å². The lowest BCUT2D eigenvalue weighted by Crippen LogP contribution is -2.30. The molecule has 1 fully saturated rings. The van der Waals surface area contributed by atoms with Gasteiger partial charge in [0.15, 0.2) is 0 Å². The number of likely N-dealkylation sites (tertiary alicyclic amines) is 1. The van der Waals surface area contributed by atoms with Crippen LogP contribution >= 0.6 is 0 Å². The molecule has 0 bridgehead atoms. The molecular formula is C23H27FN2O2. The van der Waals surface area contributed by atoms with Crippen LogP contribution < -0.4 is 5.32 Å². The summed E-state index contributed by atoms with van der Waals surface area (Å²) in [6.07, 6.45) is 4.25. The molecule has 1 N–H and O–H groups in total. The standard InChI is InChI=1S/C23H27FN2O2/c1-2-3-4-17-7-11-21(12-8-17)25-23(28)19-15-22(27)26(16-19)14-13-18-5-9-20(24)10-6-18/h5-12,19H,2-4,13-16H2,1H3,(H,25,28)/t19-/m1/s1. The van der Waals surface area contributed by atoms with Crippen LogP contribution in [0.2, 0.25) is 0 Å². The van der Waals surface area contributed by atoms with Gasteiger partial charge >= 0.3 is 0 Å². The molecule has 2 amide bonds. The summed E-state index contributed by atoms with van der Waals surface area (Å²) >= 11 is 0. The first-order valence-corrected chi connectivity index (χ1v) is 9.97. The van der Waals surface area contributed by atoms with Gasteiger partial charge in [0, 0.05) is 25.2 Å². The molecule has 148 valence electrons. The Kier molecular flexibility index (Phi) is 6.80. The van der Waals surface area contributed by atoms with E-state index >= 15 is 0 Å². The largest absolute Gasteiger partial charge is 0.342 e. The quantitative estimate of drug-likeness (QED) is 0.744. The highest BCUT2D eigenvalue weighted by molar-refractivity contribution is 5.97. The molecule has 0 unspecified atom stereocenters. The molecule has 0 radical (unpaired) electrons. The van der Waals surface area contributed by atoms with E-state index in [0.717, 1.165) is 30.5 Å². The number of hydrogen-bond donors (Lipinski definition) is 1. The fraction of sp³-hybridized carbons (Fsp3) is 0.391. The maximum Gasteiger partial charge on any atom is 0.229 e. The first-order chi connectivity index (χ1) is 13.5. The van der Waals surface area contributed by atoms with E-state index in [0.29, 0.717) is 19.5 Å². The molecular weight excluding hydrogens is 355 g/mol. The van der Waals surface area contributed by atoms with Gasteiger partial charge in [-0.3, -0.25) is 9.59 Å². The number of benzene rings is 2. The molecule has 28 heavy (non-hydrogen) atoms. The van der Waals surface area contributed by atoms with Gasteiger partial charge in [0.05, 0.1) is 5.92 Å². The van der Waals surface area contributed by atoms with Crippen LogP contribution in [0.3, 0.4) is 0 Å². The number of nitrogens with one attached hydrogen (secondary N) is 1. The molecule has 2 aromatic carbocycles. The van der Waals surface area contributed by atoms with E-state index in [1.165, 1.54) is 17.7 Å². The number of carbonyl (C=O) groups is 2. The molecule has 2 aromatic rings. The molecule has 4 nitrogen and oxygen atoms in total. The fourth-order valence-electron chi connectivity index (χ4n) is 3.46. The summed E-state index contributed by atoms with van der Waals surface area (Å²) in [7, 11) is 0. The Hall–Kier alpha value is -2.69. The Morgan fingerprint density at radius 1 is 1.07 bits per heavy atom. The van der Waals surface area contributed by atoms with Crippen LogP contribution in [0.4, 0.5) is 10.1 Å². The van der Waals surface area contributed by atoms with Crippen LogP contribution in [0.1, 0.15) is 37.3 Å². The predicted molar refractivity (Wildman–Crippen MR) is 108 cm³/mol. The van der Waals surface area contributed by atoms with Crippen molar-refractivity contribution in [3.8, 4) is 0 Å². The molecule has 5 heteroatoms. The summed E-state index contributed by atoms with van der Waals surface area (Å²) in [6, 6.07) is 14.2. The smallest absolute Gasteiger partial charge is 0.229 e. The lowest BCUT2D eigenvalue weighted by Gasteiger charge is -2.16. The van der Waals surface area contributed by atoms with Crippen LogP contribution in [0.15, 0.2) is 48.5 Å². The molecule has 0 aliphatic carbocycles. The predicted octanol–water partition coefficient (Wildman–Crippen LogP) is 4.20. The summed E-state index contributed by atoms with van der Waals surface area (Å²) in [4.78, 5) is 26.5. The van der Waals surface area contributed by atoms with Gasteiger partial charge in [-0.2, -0.15) is 0 Å². The van der Waals surface area contributed by atoms with Crippen molar-refractivity contribution in [3.63, 3.8) is 0 Å². The Balaban J connectivity index is 1.49. The van der Waals surface area contributed by atoms with E-state index in [-0.39, 0.29) is 30.0 Å². The van der Waals surface area contributed by atoms with Crippen molar-refractivity contribution < 1.29 is 14.0 Å². The Bertz CT molecular complexity index is 802. The normalized spacial score (nSPS) is 16.4. The molecule has 1 aliphatic heterocycles. The molecule has 0 aromatic heterocycles. The van der Waals surface area contributed by atoms with E-state index in [1.807, 2.05) is 24.3 Å². The van der Waals surface area contributed by atoms with Gasteiger partial charge in [-0.25, -0.2) is 4.39 Å². The van der Waals surface area contributed by atoms with Gasteiger partial charge in [-0.15, -0.1) is 0 Å². The number of unbranched alkanes of at least 4 members (excludes halogenated alkanes) is 1. The highest BCUT2D eigenvalue weighted by Gasteiger charge is 2.34. The minimum absolute atomic E-state index is 0.00262. The molecule has 0 spiro atoms. The molecule has 1 atom stereocenters. The van der Waals surface area contributed by atoms with Gasteiger partial charge in [0.1, 0.15) is 5.82 Å².